The number of aromatic hydroxyl groups is 1. The number of carbonyl (C=O) groups excluding carboxylic acids is 3. The van der Waals surface area contributed by atoms with Gasteiger partial charge in [-0.1, -0.05) is 88.3 Å². The summed E-state index contributed by atoms with van der Waals surface area (Å²) >= 11 is 6.02. The van der Waals surface area contributed by atoms with Crippen molar-refractivity contribution in [2.24, 2.45) is 55.7 Å². The molecule has 5 aliphatic carbocycles. The summed E-state index contributed by atoms with van der Waals surface area (Å²) in [5.74, 6) is 1.24. The molecule has 0 aromatic heterocycles. The number of esters is 1. The van der Waals surface area contributed by atoms with Crippen LogP contribution in [-0.2, 0) is 25.7 Å². The van der Waals surface area contributed by atoms with E-state index in [0.29, 0.717) is 18.1 Å². The number of ketones is 1. The molecule has 53 heavy (non-hydrogen) atoms. The summed E-state index contributed by atoms with van der Waals surface area (Å²) in [7, 11) is 0. The number of carbonyl (C=O) groups is 3. The van der Waals surface area contributed by atoms with Crippen LogP contribution in [0.25, 0.3) is 0 Å². The molecule has 0 spiro atoms. The van der Waals surface area contributed by atoms with Gasteiger partial charge in [-0.15, -0.1) is 0 Å². The number of hydrogen-bond acceptors (Lipinski definition) is 7. The first-order chi connectivity index (χ1) is 24.5. The van der Waals surface area contributed by atoms with Crippen LogP contribution in [0, 0.1) is 55.7 Å². The lowest BCUT2D eigenvalue weighted by atomic mass is 9.30. The molecule has 9 atom stereocenters. The number of nitrogens with one attached hydrogen (secondary N) is 1. The smallest absolute Gasteiger partial charge is 0.307 e. The molecule has 0 bridgehead atoms. The number of thiol groups is 1. The molecule has 0 aliphatic heterocycles. The van der Waals surface area contributed by atoms with Crippen molar-refractivity contribution in [2.45, 2.75) is 158 Å². The molecule has 5 aliphatic rings. The predicted octanol–water partition coefficient (Wildman–Crippen LogP) is 10.1. The van der Waals surface area contributed by atoms with E-state index in [1.807, 2.05) is 12.1 Å². The van der Waals surface area contributed by atoms with E-state index in [1.54, 1.807) is 26.0 Å². The SMILES string of the molecule is CC(C)C1=C2C(C(C)CNCc3ccc(O)cc3)(CC[C@]3(S)C2(C)CC[C@@H]2C4(C)CCC(OC(=O)CC(C)(C)C=O)C(C)(C)[C@]4(C)CCC23C)CC1=O. The van der Waals surface area contributed by atoms with Gasteiger partial charge in [-0.05, 0) is 121 Å². The Labute approximate surface area is 325 Å². The summed E-state index contributed by atoms with van der Waals surface area (Å²) in [6.07, 6.45) is 9.37. The van der Waals surface area contributed by atoms with Crippen molar-refractivity contribution in [3.63, 3.8) is 0 Å². The lowest BCUT2D eigenvalue weighted by Crippen LogP contribution is -2.73. The summed E-state index contributed by atoms with van der Waals surface area (Å²) in [6.45, 7) is 26.7. The van der Waals surface area contributed by atoms with Gasteiger partial charge in [0, 0.05) is 39.4 Å². The van der Waals surface area contributed by atoms with E-state index in [2.05, 4.69) is 67.6 Å². The number of aldehydes is 1. The maximum atomic E-state index is 14.3. The maximum absolute atomic E-state index is 14.3. The molecule has 4 saturated carbocycles. The van der Waals surface area contributed by atoms with Gasteiger partial charge in [-0.3, -0.25) is 9.59 Å². The van der Waals surface area contributed by atoms with E-state index in [-0.39, 0.29) is 73.3 Å². The molecule has 0 saturated heterocycles. The highest BCUT2D eigenvalue weighted by Crippen LogP contribution is 2.81. The van der Waals surface area contributed by atoms with Crippen molar-refractivity contribution in [3.8, 4) is 5.75 Å². The fraction of sp³-hybridized carbons (Fsp3) is 0.761. The van der Waals surface area contributed by atoms with Crippen molar-refractivity contribution in [1.82, 2.24) is 5.32 Å². The van der Waals surface area contributed by atoms with Crippen molar-refractivity contribution >= 4 is 30.7 Å². The van der Waals surface area contributed by atoms with E-state index in [0.717, 1.165) is 81.9 Å². The Balaban J connectivity index is 1.32. The first kappa shape index (κ1) is 40.5. The van der Waals surface area contributed by atoms with Crippen molar-refractivity contribution in [3.05, 3.63) is 41.0 Å². The number of phenols is 1. The monoisotopic (exact) mass is 747 g/mol. The number of ether oxygens (including phenoxy) is 1. The van der Waals surface area contributed by atoms with Gasteiger partial charge < -0.3 is 20.0 Å². The Bertz CT molecular complexity index is 1660. The molecule has 2 N–H and O–H groups in total. The second-order valence-electron chi connectivity index (χ2n) is 20.9. The van der Waals surface area contributed by atoms with E-state index in [1.165, 1.54) is 5.57 Å². The molecule has 6 rings (SSSR count). The number of allylic oxidation sites excluding steroid dienone is 2. The maximum Gasteiger partial charge on any atom is 0.307 e. The summed E-state index contributed by atoms with van der Waals surface area (Å²) < 4.78 is 6.03. The minimum absolute atomic E-state index is 0.0201. The number of hydrogen-bond donors (Lipinski definition) is 3. The number of phenolic OH excluding ortho intramolecular Hbond substituents is 1. The van der Waals surface area contributed by atoms with E-state index >= 15 is 0 Å². The van der Waals surface area contributed by atoms with Crippen LogP contribution >= 0.6 is 12.6 Å². The van der Waals surface area contributed by atoms with Gasteiger partial charge in [0.25, 0.3) is 0 Å². The van der Waals surface area contributed by atoms with Crippen LogP contribution < -0.4 is 5.32 Å². The normalized spacial score (nSPS) is 39.8. The van der Waals surface area contributed by atoms with Gasteiger partial charge in [0.2, 0.25) is 0 Å². The zero-order chi connectivity index (χ0) is 39.2. The third-order valence-corrected chi connectivity index (χ3v) is 18.6. The Hall–Kier alpha value is -2.12. The quantitative estimate of drug-likeness (QED) is 0.125. The second-order valence-corrected chi connectivity index (χ2v) is 21.6. The third-order valence-electron chi connectivity index (χ3n) is 17.3. The molecule has 0 heterocycles. The van der Waals surface area contributed by atoms with Crippen LogP contribution in [0.15, 0.2) is 35.4 Å². The molecule has 7 heteroatoms. The van der Waals surface area contributed by atoms with Gasteiger partial charge in [0.05, 0.1) is 6.42 Å². The number of rotatable bonds is 10. The largest absolute Gasteiger partial charge is 0.508 e. The Kier molecular flexibility index (Phi) is 10.1. The summed E-state index contributed by atoms with van der Waals surface area (Å²) in [4.78, 5) is 39.1. The zero-order valence-electron chi connectivity index (χ0n) is 34.7. The summed E-state index contributed by atoms with van der Waals surface area (Å²) in [5, 5.41) is 13.5. The lowest BCUT2D eigenvalue weighted by molar-refractivity contribution is -0.256. The lowest BCUT2D eigenvalue weighted by Gasteiger charge is -2.77. The zero-order valence-corrected chi connectivity index (χ0v) is 35.6. The Morgan fingerprint density at radius 1 is 0.962 bits per heavy atom. The fourth-order valence-corrected chi connectivity index (χ4v) is 14.3. The first-order valence-corrected chi connectivity index (χ1v) is 21.1. The fourth-order valence-electron chi connectivity index (χ4n) is 13.7. The van der Waals surface area contributed by atoms with Crippen LogP contribution in [0.2, 0.25) is 0 Å². The van der Waals surface area contributed by atoms with Crippen LogP contribution in [0.5, 0.6) is 5.75 Å². The van der Waals surface area contributed by atoms with Crippen LogP contribution in [0.3, 0.4) is 0 Å². The first-order valence-electron chi connectivity index (χ1n) is 20.6. The van der Waals surface area contributed by atoms with Gasteiger partial charge in [-0.2, -0.15) is 12.6 Å². The minimum atomic E-state index is -0.731. The average molecular weight is 748 g/mol. The predicted molar refractivity (Wildman–Crippen MR) is 216 cm³/mol. The van der Waals surface area contributed by atoms with Crippen LogP contribution in [0.1, 0.15) is 146 Å². The highest BCUT2D eigenvalue weighted by atomic mass is 32.1. The van der Waals surface area contributed by atoms with Crippen molar-refractivity contribution in [1.29, 1.82) is 0 Å². The molecule has 0 amide bonds. The van der Waals surface area contributed by atoms with E-state index in [9.17, 15) is 19.5 Å². The highest BCUT2D eigenvalue weighted by Gasteiger charge is 2.76. The Morgan fingerprint density at radius 2 is 1.62 bits per heavy atom. The Morgan fingerprint density at radius 3 is 2.25 bits per heavy atom. The molecule has 0 radical (unpaired) electrons. The molecule has 6 nitrogen and oxygen atoms in total. The van der Waals surface area contributed by atoms with Crippen LogP contribution in [0.4, 0.5) is 0 Å². The standard InChI is InChI=1S/C46H69NO5S/c1-29(2)37-33(50)24-45(30(3)26-47-27-31-12-14-32(49)15-13-31)22-23-46(53)42(9)20-21-44(11)40(6,7)35(52-36(51)25-39(4,5)28-48)17-19-41(44,8)34(42)16-18-43(46,10)38(37)45/h12-15,28-30,34-35,47,49,53H,16-27H2,1-11H3/t30?,34-,35?,41?,42?,43?,44+,45?,46-/m1/s1. The molecule has 1 aromatic rings. The number of fused-ring (bicyclic) bond motifs is 7. The minimum Gasteiger partial charge on any atom is -0.508 e. The topological polar surface area (TPSA) is 92.7 Å². The summed E-state index contributed by atoms with van der Waals surface area (Å²) in [5.41, 5.74) is 2.21. The number of Topliss-reactive ketones (excluding diaryl/α,β-unsaturated/α-hetero) is 1. The molecule has 4 fully saturated rings. The van der Waals surface area contributed by atoms with E-state index < -0.39 is 5.41 Å². The average Bonchev–Trinajstić information content (AvgIpc) is 3.40. The van der Waals surface area contributed by atoms with Gasteiger partial charge >= 0.3 is 5.97 Å². The molecule has 294 valence electrons. The van der Waals surface area contributed by atoms with Gasteiger partial charge in [-0.25, -0.2) is 0 Å². The third kappa shape index (κ3) is 5.76. The van der Waals surface area contributed by atoms with Crippen molar-refractivity contribution in [2.75, 3.05) is 6.54 Å². The molecular formula is C46H69NO5S. The summed E-state index contributed by atoms with van der Waals surface area (Å²) in [6, 6.07) is 7.41. The molecule has 6 unspecified atom stereocenters. The van der Waals surface area contributed by atoms with E-state index in [4.69, 9.17) is 17.4 Å². The molecule has 1 aromatic carbocycles. The highest BCUT2D eigenvalue weighted by molar-refractivity contribution is 7.82. The number of benzene rings is 1. The van der Waals surface area contributed by atoms with Gasteiger partial charge in [0.15, 0.2) is 5.78 Å². The van der Waals surface area contributed by atoms with Gasteiger partial charge in [0.1, 0.15) is 18.1 Å². The second kappa shape index (κ2) is 13.2. The van der Waals surface area contributed by atoms with Crippen molar-refractivity contribution < 1.29 is 24.2 Å². The van der Waals surface area contributed by atoms with Crippen LogP contribution in [-0.4, -0.2) is 40.5 Å². The molecular weight excluding hydrogens is 679 g/mol.